The molecule has 3 fully saturated rings. The average Bonchev–Trinajstić information content (AvgIpc) is 2.95. The Morgan fingerprint density at radius 1 is 1.28 bits per heavy atom. The molecule has 102 valence electrons. The Morgan fingerprint density at radius 3 is 2.67 bits per heavy atom. The number of carbonyl (C=O) groups excluding carboxylic acids is 1. The zero-order valence-electron chi connectivity index (χ0n) is 11.2. The van der Waals surface area contributed by atoms with Crippen LogP contribution in [-0.2, 0) is 9.53 Å². The molecular weight excluding hydrogens is 228 g/mol. The number of hydrogen-bond acceptors (Lipinski definition) is 3. The van der Waals surface area contributed by atoms with Crippen molar-refractivity contribution < 1.29 is 9.53 Å². The summed E-state index contributed by atoms with van der Waals surface area (Å²) in [5.41, 5.74) is 0. The molecule has 4 atom stereocenters. The van der Waals surface area contributed by atoms with Gasteiger partial charge in [0.15, 0.2) is 0 Å². The lowest BCUT2D eigenvalue weighted by molar-refractivity contribution is -0.127. The van der Waals surface area contributed by atoms with Crippen LogP contribution in [0.5, 0.6) is 0 Å². The molecule has 3 heterocycles. The van der Waals surface area contributed by atoms with E-state index in [-0.39, 0.29) is 17.9 Å². The van der Waals surface area contributed by atoms with Crippen LogP contribution in [0.3, 0.4) is 0 Å². The Kier molecular flexibility index (Phi) is 3.57. The van der Waals surface area contributed by atoms with Gasteiger partial charge in [0.1, 0.15) is 0 Å². The molecule has 3 aliphatic heterocycles. The zero-order chi connectivity index (χ0) is 12.5. The maximum atomic E-state index is 12.3. The smallest absolute Gasteiger partial charge is 0.226 e. The SMILES string of the molecule is CCC1OCCC1C(=O)NC1CC2CCC(C1)N2. The van der Waals surface area contributed by atoms with Crippen LogP contribution in [0.2, 0.25) is 0 Å². The van der Waals surface area contributed by atoms with Gasteiger partial charge in [-0.25, -0.2) is 0 Å². The maximum Gasteiger partial charge on any atom is 0.226 e. The first-order chi connectivity index (χ1) is 8.76. The van der Waals surface area contributed by atoms with Gasteiger partial charge in [0.25, 0.3) is 0 Å². The van der Waals surface area contributed by atoms with Crippen molar-refractivity contribution in [2.75, 3.05) is 6.61 Å². The van der Waals surface area contributed by atoms with Gasteiger partial charge >= 0.3 is 0 Å². The lowest BCUT2D eigenvalue weighted by atomic mass is 9.95. The molecule has 18 heavy (non-hydrogen) atoms. The van der Waals surface area contributed by atoms with Crippen LogP contribution in [0.1, 0.15) is 45.4 Å². The van der Waals surface area contributed by atoms with E-state index in [0.29, 0.717) is 18.1 Å². The molecule has 2 bridgehead atoms. The van der Waals surface area contributed by atoms with Gasteiger partial charge in [0.2, 0.25) is 5.91 Å². The Labute approximate surface area is 109 Å². The number of fused-ring (bicyclic) bond motifs is 2. The van der Waals surface area contributed by atoms with Crippen molar-refractivity contribution in [2.24, 2.45) is 5.92 Å². The third-order valence-corrected chi connectivity index (χ3v) is 4.77. The van der Waals surface area contributed by atoms with Crippen LogP contribution in [0, 0.1) is 5.92 Å². The highest BCUT2D eigenvalue weighted by Gasteiger charge is 2.37. The molecule has 3 aliphatic rings. The Bertz CT molecular complexity index is 309. The van der Waals surface area contributed by atoms with Crippen molar-refractivity contribution in [2.45, 2.75) is 69.7 Å². The van der Waals surface area contributed by atoms with Gasteiger partial charge in [-0.1, -0.05) is 6.92 Å². The fraction of sp³-hybridized carbons (Fsp3) is 0.929. The minimum absolute atomic E-state index is 0.0857. The molecule has 3 saturated heterocycles. The van der Waals surface area contributed by atoms with Gasteiger partial charge in [-0.3, -0.25) is 4.79 Å². The summed E-state index contributed by atoms with van der Waals surface area (Å²) in [6.45, 7) is 2.84. The second-order valence-electron chi connectivity index (χ2n) is 6.03. The Hall–Kier alpha value is -0.610. The number of hydrogen-bond donors (Lipinski definition) is 2. The van der Waals surface area contributed by atoms with E-state index in [2.05, 4.69) is 17.6 Å². The van der Waals surface area contributed by atoms with Crippen LogP contribution >= 0.6 is 0 Å². The summed E-state index contributed by atoms with van der Waals surface area (Å²) in [5.74, 6) is 0.313. The lowest BCUT2D eigenvalue weighted by Crippen LogP contribution is -2.50. The molecule has 0 spiro atoms. The van der Waals surface area contributed by atoms with Crippen LogP contribution < -0.4 is 10.6 Å². The minimum Gasteiger partial charge on any atom is -0.377 e. The summed E-state index contributed by atoms with van der Waals surface area (Å²) >= 11 is 0. The molecule has 4 heteroatoms. The fourth-order valence-corrected chi connectivity index (χ4v) is 3.83. The molecular formula is C14H24N2O2. The molecule has 0 saturated carbocycles. The van der Waals surface area contributed by atoms with Crippen molar-refractivity contribution in [3.8, 4) is 0 Å². The van der Waals surface area contributed by atoms with Crippen LogP contribution in [-0.4, -0.2) is 36.7 Å². The van der Waals surface area contributed by atoms with Gasteiger partial charge in [-0.05, 0) is 38.5 Å². The van der Waals surface area contributed by atoms with Crippen molar-refractivity contribution >= 4 is 5.91 Å². The molecule has 4 unspecified atom stereocenters. The first kappa shape index (κ1) is 12.4. The van der Waals surface area contributed by atoms with Crippen molar-refractivity contribution in [3.05, 3.63) is 0 Å². The van der Waals surface area contributed by atoms with E-state index in [0.717, 1.165) is 32.3 Å². The van der Waals surface area contributed by atoms with E-state index < -0.39 is 0 Å². The van der Waals surface area contributed by atoms with Gasteiger partial charge in [0.05, 0.1) is 12.0 Å². The van der Waals surface area contributed by atoms with E-state index in [1.807, 2.05) is 0 Å². The third kappa shape index (κ3) is 2.41. The monoisotopic (exact) mass is 252 g/mol. The minimum atomic E-state index is 0.0857. The number of amides is 1. The molecule has 0 aliphatic carbocycles. The first-order valence-corrected chi connectivity index (χ1v) is 7.44. The van der Waals surface area contributed by atoms with Crippen LogP contribution in [0.25, 0.3) is 0 Å². The third-order valence-electron chi connectivity index (χ3n) is 4.77. The molecule has 0 aromatic heterocycles. The molecule has 1 amide bonds. The van der Waals surface area contributed by atoms with Gasteiger partial charge < -0.3 is 15.4 Å². The number of piperidine rings is 1. The molecule has 4 nitrogen and oxygen atoms in total. The van der Waals surface area contributed by atoms with E-state index in [1.165, 1.54) is 12.8 Å². The quantitative estimate of drug-likeness (QED) is 0.793. The van der Waals surface area contributed by atoms with Gasteiger partial charge in [-0.15, -0.1) is 0 Å². The van der Waals surface area contributed by atoms with E-state index in [9.17, 15) is 4.79 Å². The number of carbonyl (C=O) groups is 1. The predicted octanol–water partition coefficient (Wildman–Crippen LogP) is 1.20. The topological polar surface area (TPSA) is 50.4 Å². The second-order valence-corrected chi connectivity index (χ2v) is 6.03. The van der Waals surface area contributed by atoms with Crippen molar-refractivity contribution in [1.29, 1.82) is 0 Å². The summed E-state index contributed by atoms with van der Waals surface area (Å²) in [7, 11) is 0. The van der Waals surface area contributed by atoms with E-state index in [4.69, 9.17) is 4.74 Å². The van der Waals surface area contributed by atoms with Crippen LogP contribution in [0.4, 0.5) is 0 Å². The average molecular weight is 252 g/mol. The summed E-state index contributed by atoms with van der Waals surface area (Å²) in [5, 5.41) is 6.87. The fourth-order valence-electron chi connectivity index (χ4n) is 3.83. The molecule has 3 rings (SSSR count). The normalized spacial score (nSPS) is 43.1. The second kappa shape index (κ2) is 5.17. The van der Waals surface area contributed by atoms with Gasteiger partial charge in [-0.2, -0.15) is 0 Å². The highest BCUT2D eigenvalue weighted by atomic mass is 16.5. The lowest BCUT2D eigenvalue weighted by Gasteiger charge is -2.31. The summed E-state index contributed by atoms with van der Waals surface area (Å²) in [6, 6.07) is 1.65. The summed E-state index contributed by atoms with van der Waals surface area (Å²) in [4.78, 5) is 12.3. The predicted molar refractivity (Wildman–Crippen MR) is 69.2 cm³/mol. The number of nitrogens with one attached hydrogen (secondary N) is 2. The zero-order valence-corrected chi connectivity index (χ0v) is 11.2. The van der Waals surface area contributed by atoms with Crippen molar-refractivity contribution in [1.82, 2.24) is 10.6 Å². The highest BCUT2D eigenvalue weighted by molar-refractivity contribution is 5.79. The Balaban J connectivity index is 1.54. The molecule has 0 aromatic carbocycles. The number of ether oxygens (including phenoxy) is 1. The molecule has 0 aromatic rings. The maximum absolute atomic E-state index is 12.3. The van der Waals surface area contributed by atoms with E-state index >= 15 is 0 Å². The molecule has 0 radical (unpaired) electrons. The summed E-state index contributed by atoms with van der Waals surface area (Å²) in [6.07, 6.45) is 6.74. The largest absolute Gasteiger partial charge is 0.377 e. The van der Waals surface area contributed by atoms with Crippen LogP contribution in [0.15, 0.2) is 0 Å². The summed E-state index contributed by atoms with van der Waals surface area (Å²) < 4.78 is 5.61. The van der Waals surface area contributed by atoms with Gasteiger partial charge in [0, 0.05) is 24.7 Å². The van der Waals surface area contributed by atoms with E-state index in [1.54, 1.807) is 0 Å². The standard InChI is InChI=1S/C14H24N2O2/c1-2-13-12(5-6-18-13)14(17)16-11-7-9-3-4-10(8-11)15-9/h9-13,15H,2-8H2,1H3,(H,16,17). The molecule has 2 N–H and O–H groups in total. The first-order valence-electron chi connectivity index (χ1n) is 7.44. The number of rotatable bonds is 3. The highest BCUT2D eigenvalue weighted by Crippen LogP contribution is 2.28. The Morgan fingerprint density at radius 2 is 2.00 bits per heavy atom. The van der Waals surface area contributed by atoms with Crippen molar-refractivity contribution in [3.63, 3.8) is 0 Å².